The van der Waals surface area contributed by atoms with Crippen molar-refractivity contribution >= 4 is 11.9 Å². The fourth-order valence-corrected chi connectivity index (χ4v) is 1.65. The second kappa shape index (κ2) is 4.72. The summed E-state index contributed by atoms with van der Waals surface area (Å²) in [5.74, 6) is 0. The zero-order chi connectivity index (χ0) is 13.2. The number of nitrogens with zero attached hydrogens (tertiary/aromatic N) is 3. The van der Waals surface area contributed by atoms with Crippen molar-refractivity contribution in [1.82, 2.24) is 15.4 Å². The van der Waals surface area contributed by atoms with Crippen LogP contribution >= 0.6 is 0 Å². The van der Waals surface area contributed by atoms with Gasteiger partial charge in [-0.3, -0.25) is 4.99 Å². The Hall–Kier alpha value is -1.97. The number of benzene rings is 1. The van der Waals surface area contributed by atoms with E-state index in [0.717, 1.165) is 17.1 Å². The Balaban J connectivity index is 2.24. The zero-order valence-corrected chi connectivity index (χ0v) is 11.2. The maximum absolute atomic E-state index is 4.42. The van der Waals surface area contributed by atoms with E-state index in [9.17, 15) is 0 Å². The largest absolute Gasteiger partial charge is 0.255 e. The summed E-state index contributed by atoms with van der Waals surface area (Å²) in [4.78, 5) is 4.42. The monoisotopic (exact) mass is 242 g/mol. The molecule has 4 nitrogen and oxygen atoms in total. The summed E-state index contributed by atoms with van der Waals surface area (Å²) >= 11 is 0. The van der Waals surface area contributed by atoms with Crippen LogP contribution in [-0.2, 0) is 5.41 Å². The highest BCUT2D eigenvalue weighted by Gasteiger charge is 2.21. The summed E-state index contributed by atoms with van der Waals surface area (Å²) in [5.41, 5.74) is 3.83. The number of aromatic amines is 1. The molecule has 0 fully saturated rings. The van der Waals surface area contributed by atoms with Crippen LogP contribution in [0.15, 0.2) is 29.3 Å². The van der Waals surface area contributed by atoms with Gasteiger partial charge in [0.2, 0.25) is 0 Å². The van der Waals surface area contributed by atoms with E-state index >= 15 is 0 Å². The minimum atomic E-state index is -0.0401. The van der Waals surface area contributed by atoms with Crippen molar-refractivity contribution in [2.45, 2.75) is 33.1 Å². The van der Waals surface area contributed by atoms with Crippen LogP contribution in [0, 0.1) is 6.92 Å². The summed E-state index contributed by atoms with van der Waals surface area (Å²) in [6.45, 7) is 8.37. The standard InChI is InChI=1S/C14H18N4/c1-10-5-7-11(8-6-10)15-9-12-13(14(2,3)4)17-18-16-12/h5-9H,1-4H3,(H,16,17,18). The Kier molecular flexibility index (Phi) is 3.28. The van der Waals surface area contributed by atoms with Gasteiger partial charge in [0.1, 0.15) is 5.69 Å². The lowest BCUT2D eigenvalue weighted by Gasteiger charge is -2.14. The van der Waals surface area contributed by atoms with E-state index in [4.69, 9.17) is 0 Å². The Labute approximate surface area is 107 Å². The van der Waals surface area contributed by atoms with Gasteiger partial charge in [-0.2, -0.15) is 15.4 Å². The van der Waals surface area contributed by atoms with Gasteiger partial charge in [-0.1, -0.05) is 38.5 Å². The summed E-state index contributed by atoms with van der Waals surface area (Å²) in [6.07, 6.45) is 1.76. The van der Waals surface area contributed by atoms with Gasteiger partial charge < -0.3 is 0 Å². The molecule has 0 aliphatic heterocycles. The molecular weight excluding hydrogens is 224 g/mol. The smallest absolute Gasteiger partial charge is 0.127 e. The lowest BCUT2D eigenvalue weighted by molar-refractivity contribution is 0.566. The highest BCUT2D eigenvalue weighted by atomic mass is 15.3. The van der Waals surface area contributed by atoms with Gasteiger partial charge in [0.05, 0.1) is 17.6 Å². The molecule has 0 saturated heterocycles. The molecule has 0 bridgehead atoms. The molecule has 4 heteroatoms. The van der Waals surface area contributed by atoms with Crippen molar-refractivity contribution in [2.24, 2.45) is 4.99 Å². The molecule has 1 heterocycles. The summed E-state index contributed by atoms with van der Waals surface area (Å²) in [6, 6.07) is 8.06. The van der Waals surface area contributed by atoms with Crippen LogP contribution < -0.4 is 0 Å². The molecule has 0 atom stereocenters. The molecule has 0 radical (unpaired) electrons. The van der Waals surface area contributed by atoms with E-state index in [1.807, 2.05) is 24.3 Å². The Bertz CT molecular complexity index is 544. The van der Waals surface area contributed by atoms with Crippen LogP contribution in [0.4, 0.5) is 5.69 Å². The summed E-state index contributed by atoms with van der Waals surface area (Å²) in [7, 11) is 0. The molecule has 2 rings (SSSR count). The van der Waals surface area contributed by atoms with Gasteiger partial charge in [0.15, 0.2) is 0 Å². The molecule has 0 unspecified atom stereocenters. The quantitative estimate of drug-likeness (QED) is 0.822. The summed E-state index contributed by atoms with van der Waals surface area (Å²) in [5, 5.41) is 11.0. The lowest BCUT2D eigenvalue weighted by atomic mass is 9.91. The molecule has 94 valence electrons. The second-order valence-electron chi connectivity index (χ2n) is 5.40. The molecule has 1 aromatic heterocycles. The molecule has 0 aliphatic carbocycles. The van der Waals surface area contributed by atoms with E-state index in [1.54, 1.807) is 6.21 Å². The number of aliphatic imine (C=N–C) groups is 1. The number of H-pyrrole nitrogens is 1. The van der Waals surface area contributed by atoms with Crippen molar-refractivity contribution < 1.29 is 0 Å². The fourth-order valence-electron chi connectivity index (χ4n) is 1.65. The molecule has 0 amide bonds. The highest BCUT2D eigenvalue weighted by Crippen LogP contribution is 2.21. The van der Waals surface area contributed by atoms with E-state index < -0.39 is 0 Å². The van der Waals surface area contributed by atoms with Crippen LogP contribution in [-0.4, -0.2) is 21.6 Å². The predicted molar refractivity (Wildman–Crippen MR) is 73.5 cm³/mol. The Morgan fingerprint density at radius 3 is 2.39 bits per heavy atom. The maximum Gasteiger partial charge on any atom is 0.127 e. The molecule has 1 N–H and O–H groups in total. The van der Waals surface area contributed by atoms with Crippen LogP contribution in [0.3, 0.4) is 0 Å². The molecule has 0 spiro atoms. The fraction of sp³-hybridized carbons (Fsp3) is 0.357. The molecular formula is C14H18N4. The van der Waals surface area contributed by atoms with Crippen molar-refractivity contribution in [3.8, 4) is 0 Å². The van der Waals surface area contributed by atoms with Crippen molar-refractivity contribution in [3.05, 3.63) is 41.2 Å². The third-order valence-electron chi connectivity index (χ3n) is 2.66. The first kappa shape index (κ1) is 12.5. The van der Waals surface area contributed by atoms with Gasteiger partial charge in [-0.05, 0) is 19.1 Å². The van der Waals surface area contributed by atoms with Gasteiger partial charge in [0, 0.05) is 5.41 Å². The third kappa shape index (κ3) is 2.83. The van der Waals surface area contributed by atoms with E-state index in [-0.39, 0.29) is 5.41 Å². The maximum atomic E-state index is 4.42. The van der Waals surface area contributed by atoms with Crippen LogP contribution in [0.25, 0.3) is 0 Å². The average Bonchev–Trinajstić information content (AvgIpc) is 2.76. The van der Waals surface area contributed by atoms with Gasteiger partial charge in [0.25, 0.3) is 0 Å². The van der Waals surface area contributed by atoms with Gasteiger partial charge >= 0.3 is 0 Å². The molecule has 1 aromatic carbocycles. The average molecular weight is 242 g/mol. The first-order valence-corrected chi connectivity index (χ1v) is 5.99. The highest BCUT2D eigenvalue weighted by molar-refractivity contribution is 5.81. The van der Waals surface area contributed by atoms with Crippen molar-refractivity contribution in [3.63, 3.8) is 0 Å². The van der Waals surface area contributed by atoms with Crippen LogP contribution in [0.5, 0.6) is 0 Å². The van der Waals surface area contributed by atoms with Crippen molar-refractivity contribution in [1.29, 1.82) is 0 Å². The SMILES string of the molecule is Cc1ccc(N=Cc2n[nH]nc2C(C)(C)C)cc1. The van der Waals surface area contributed by atoms with Gasteiger partial charge in [-0.15, -0.1) is 0 Å². The van der Waals surface area contributed by atoms with E-state index in [1.165, 1.54) is 5.56 Å². The number of hydrogen-bond acceptors (Lipinski definition) is 3. The first-order valence-electron chi connectivity index (χ1n) is 5.99. The number of nitrogens with one attached hydrogen (secondary N) is 1. The normalized spacial score (nSPS) is 12.2. The van der Waals surface area contributed by atoms with Gasteiger partial charge in [-0.25, -0.2) is 0 Å². The lowest BCUT2D eigenvalue weighted by Crippen LogP contribution is -2.14. The number of rotatable bonds is 2. The molecule has 0 saturated carbocycles. The number of hydrogen-bond donors (Lipinski definition) is 1. The first-order chi connectivity index (χ1) is 8.47. The third-order valence-corrected chi connectivity index (χ3v) is 2.66. The molecule has 18 heavy (non-hydrogen) atoms. The minimum Gasteiger partial charge on any atom is -0.255 e. The van der Waals surface area contributed by atoms with Crippen LogP contribution in [0.2, 0.25) is 0 Å². The summed E-state index contributed by atoms with van der Waals surface area (Å²) < 4.78 is 0. The topological polar surface area (TPSA) is 53.9 Å². The predicted octanol–water partition coefficient (Wildman–Crippen LogP) is 3.16. The van der Waals surface area contributed by atoms with Crippen molar-refractivity contribution in [2.75, 3.05) is 0 Å². The van der Waals surface area contributed by atoms with Crippen LogP contribution in [0.1, 0.15) is 37.7 Å². The van der Waals surface area contributed by atoms with E-state index in [0.29, 0.717) is 0 Å². The molecule has 0 aliphatic rings. The zero-order valence-electron chi connectivity index (χ0n) is 11.2. The number of aryl methyl sites for hydroxylation is 1. The number of aromatic nitrogens is 3. The van der Waals surface area contributed by atoms with E-state index in [2.05, 4.69) is 48.1 Å². The second-order valence-corrected chi connectivity index (χ2v) is 5.40. The molecule has 2 aromatic rings. The minimum absolute atomic E-state index is 0.0401. The Morgan fingerprint density at radius 1 is 1.11 bits per heavy atom. The Morgan fingerprint density at radius 2 is 1.78 bits per heavy atom.